The summed E-state index contributed by atoms with van der Waals surface area (Å²) < 4.78 is 5.21. The van der Waals surface area contributed by atoms with Crippen LogP contribution in [-0.4, -0.2) is 24.6 Å². The van der Waals surface area contributed by atoms with Gasteiger partial charge in [-0.3, -0.25) is 4.79 Å². The van der Waals surface area contributed by atoms with Crippen molar-refractivity contribution in [2.24, 2.45) is 10.7 Å². The van der Waals surface area contributed by atoms with E-state index >= 15 is 0 Å². The third kappa shape index (κ3) is 4.14. The number of hydrogen-bond acceptors (Lipinski definition) is 4. The molecular weight excluding hydrogens is 208 g/mol. The SMILES string of the molecule is N[C@@H](COCc1ccccc1)C(=O)N=C=O. The molecule has 0 spiro atoms. The molecule has 1 rings (SSSR count). The van der Waals surface area contributed by atoms with Crippen molar-refractivity contribution in [2.75, 3.05) is 6.61 Å². The Morgan fingerprint density at radius 1 is 1.44 bits per heavy atom. The molecule has 0 bridgehead atoms. The highest BCUT2D eigenvalue weighted by molar-refractivity contribution is 5.86. The molecule has 84 valence electrons. The van der Waals surface area contributed by atoms with Crippen LogP contribution in [0.3, 0.4) is 0 Å². The fraction of sp³-hybridized carbons (Fsp3) is 0.273. The fourth-order valence-electron chi connectivity index (χ4n) is 1.08. The maximum absolute atomic E-state index is 11.0. The van der Waals surface area contributed by atoms with Gasteiger partial charge >= 0.3 is 0 Å². The van der Waals surface area contributed by atoms with Crippen molar-refractivity contribution in [3.8, 4) is 0 Å². The Morgan fingerprint density at radius 2 is 2.12 bits per heavy atom. The van der Waals surface area contributed by atoms with Crippen molar-refractivity contribution in [2.45, 2.75) is 12.6 Å². The summed E-state index contributed by atoms with van der Waals surface area (Å²) >= 11 is 0. The molecule has 0 aliphatic carbocycles. The van der Waals surface area contributed by atoms with Crippen LogP contribution in [0.5, 0.6) is 0 Å². The molecule has 0 aliphatic heterocycles. The number of aliphatic imine (C=N–C) groups is 1. The van der Waals surface area contributed by atoms with E-state index in [1.807, 2.05) is 30.3 Å². The Labute approximate surface area is 92.9 Å². The molecule has 0 saturated carbocycles. The van der Waals surface area contributed by atoms with Gasteiger partial charge in [0.1, 0.15) is 6.04 Å². The molecule has 5 heteroatoms. The van der Waals surface area contributed by atoms with Crippen LogP contribution in [-0.2, 0) is 20.9 Å². The molecule has 1 amide bonds. The zero-order valence-electron chi connectivity index (χ0n) is 8.63. The van der Waals surface area contributed by atoms with Gasteiger partial charge in [-0.25, -0.2) is 4.79 Å². The number of benzene rings is 1. The molecule has 1 aromatic carbocycles. The van der Waals surface area contributed by atoms with Gasteiger partial charge < -0.3 is 10.5 Å². The lowest BCUT2D eigenvalue weighted by Gasteiger charge is -2.07. The van der Waals surface area contributed by atoms with Crippen molar-refractivity contribution in [1.82, 2.24) is 0 Å². The second-order valence-electron chi connectivity index (χ2n) is 3.15. The van der Waals surface area contributed by atoms with Crippen LogP contribution in [0.2, 0.25) is 0 Å². The van der Waals surface area contributed by atoms with Gasteiger partial charge in [0.25, 0.3) is 5.91 Å². The van der Waals surface area contributed by atoms with Crippen LogP contribution in [0.1, 0.15) is 5.56 Å². The number of ether oxygens (including phenoxy) is 1. The first kappa shape index (κ1) is 12.3. The largest absolute Gasteiger partial charge is 0.375 e. The third-order valence-electron chi connectivity index (χ3n) is 1.88. The Kier molecular flexibility index (Phi) is 5.08. The van der Waals surface area contributed by atoms with E-state index < -0.39 is 11.9 Å². The molecule has 5 nitrogen and oxygen atoms in total. The van der Waals surface area contributed by atoms with Crippen LogP contribution in [0.15, 0.2) is 35.3 Å². The summed E-state index contributed by atoms with van der Waals surface area (Å²) in [6.45, 7) is 0.394. The summed E-state index contributed by atoms with van der Waals surface area (Å²) in [6.07, 6.45) is 1.15. The molecule has 1 atom stereocenters. The second-order valence-corrected chi connectivity index (χ2v) is 3.15. The number of amides is 1. The van der Waals surface area contributed by atoms with Crippen LogP contribution >= 0.6 is 0 Å². The van der Waals surface area contributed by atoms with E-state index in [1.165, 1.54) is 0 Å². The summed E-state index contributed by atoms with van der Waals surface area (Å²) in [7, 11) is 0. The number of carbonyl (C=O) groups is 1. The number of rotatable bonds is 5. The number of nitrogens with zero attached hydrogens (tertiary/aromatic N) is 1. The minimum Gasteiger partial charge on any atom is -0.375 e. The minimum atomic E-state index is -0.912. The maximum Gasteiger partial charge on any atom is 0.275 e. The van der Waals surface area contributed by atoms with Gasteiger partial charge in [0.05, 0.1) is 13.2 Å². The van der Waals surface area contributed by atoms with Crippen molar-refractivity contribution >= 4 is 12.0 Å². The predicted molar refractivity (Wildman–Crippen MR) is 57.2 cm³/mol. The average Bonchev–Trinajstić information content (AvgIpc) is 2.30. The van der Waals surface area contributed by atoms with Crippen molar-refractivity contribution < 1.29 is 14.3 Å². The first-order valence-corrected chi connectivity index (χ1v) is 4.73. The summed E-state index contributed by atoms with van der Waals surface area (Å²) in [4.78, 5) is 23.7. The minimum absolute atomic E-state index is 0.0267. The molecule has 2 N–H and O–H groups in total. The van der Waals surface area contributed by atoms with Crippen molar-refractivity contribution in [3.63, 3.8) is 0 Å². The summed E-state index contributed by atoms with van der Waals surface area (Å²) in [6, 6.07) is 8.57. The highest BCUT2D eigenvalue weighted by Gasteiger charge is 2.12. The molecule has 0 saturated heterocycles. The highest BCUT2D eigenvalue weighted by Crippen LogP contribution is 2.00. The summed E-state index contributed by atoms with van der Waals surface area (Å²) in [5.41, 5.74) is 6.41. The normalized spacial score (nSPS) is 11.6. The summed E-state index contributed by atoms with van der Waals surface area (Å²) in [5.74, 6) is -0.719. The van der Waals surface area contributed by atoms with Gasteiger partial charge in [0.15, 0.2) is 0 Å². The Morgan fingerprint density at radius 3 is 2.75 bits per heavy atom. The lowest BCUT2D eigenvalue weighted by molar-refractivity contribution is -0.120. The maximum atomic E-state index is 11.0. The lowest BCUT2D eigenvalue weighted by atomic mass is 10.2. The van der Waals surface area contributed by atoms with Crippen LogP contribution < -0.4 is 5.73 Å². The van der Waals surface area contributed by atoms with E-state index in [2.05, 4.69) is 4.99 Å². The fourth-order valence-corrected chi connectivity index (χ4v) is 1.08. The number of nitrogens with two attached hydrogens (primary N) is 1. The standard InChI is InChI=1S/C11H12N2O3/c12-10(11(15)13-8-14)7-16-6-9-4-2-1-3-5-9/h1-5,10H,6-7,12H2/t10-/m0/s1. The zero-order chi connectivity index (χ0) is 11.8. The monoisotopic (exact) mass is 220 g/mol. The van der Waals surface area contributed by atoms with Crippen LogP contribution in [0, 0.1) is 0 Å². The average molecular weight is 220 g/mol. The van der Waals surface area contributed by atoms with Gasteiger partial charge in [-0.05, 0) is 5.56 Å². The van der Waals surface area contributed by atoms with Gasteiger partial charge in [-0.15, -0.1) is 4.99 Å². The summed E-state index contributed by atoms with van der Waals surface area (Å²) in [5, 5.41) is 0. The lowest BCUT2D eigenvalue weighted by Crippen LogP contribution is -2.33. The van der Waals surface area contributed by atoms with Crippen molar-refractivity contribution in [1.29, 1.82) is 0 Å². The van der Waals surface area contributed by atoms with E-state index in [0.29, 0.717) is 6.61 Å². The number of hydrogen-bond donors (Lipinski definition) is 1. The third-order valence-corrected chi connectivity index (χ3v) is 1.88. The predicted octanol–water partition coefficient (Wildman–Crippen LogP) is 0.393. The van der Waals surface area contributed by atoms with Crippen molar-refractivity contribution in [3.05, 3.63) is 35.9 Å². The highest BCUT2D eigenvalue weighted by atomic mass is 16.5. The molecule has 1 aromatic rings. The zero-order valence-corrected chi connectivity index (χ0v) is 8.63. The van der Waals surface area contributed by atoms with E-state index in [0.717, 1.165) is 11.6 Å². The van der Waals surface area contributed by atoms with Gasteiger partial charge in [-0.1, -0.05) is 30.3 Å². The molecule has 0 radical (unpaired) electrons. The van der Waals surface area contributed by atoms with Crippen LogP contribution in [0.4, 0.5) is 0 Å². The van der Waals surface area contributed by atoms with Gasteiger partial charge in [0, 0.05) is 0 Å². The molecule has 0 fully saturated rings. The van der Waals surface area contributed by atoms with Gasteiger partial charge in [-0.2, -0.15) is 0 Å². The topological polar surface area (TPSA) is 81.8 Å². The Bertz CT molecular complexity index is 385. The van der Waals surface area contributed by atoms with E-state index in [4.69, 9.17) is 10.5 Å². The molecular formula is C11H12N2O3. The van der Waals surface area contributed by atoms with E-state index in [-0.39, 0.29) is 6.61 Å². The molecule has 0 aliphatic rings. The van der Waals surface area contributed by atoms with E-state index in [9.17, 15) is 9.59 Å². The smallest absolute Gasteiger partial charge is 0.275 e. The first-order valence-electron chi connectivity index (χ1n) is 4.73. The van der Waals surface area contributed by atoms with Gasteiger partial charge in [0.2, 0.25) is 6.08 Å². The van der Waals surface area contributed by atoms with E-state index in [1.54, 1.807) is 0 Å². The first-order chi connectivity index (χ1) is 7.74. The molecule has 16 heavy (non-hydrogen) atoms. The molecule has 0 aromatic heterocycles. The Balaban J connectivity index is 2.31. The number of isocyanates is 1. The molecule has 0 unspecified atom stereocenters. The quantitative estimate of drug-likeness (QED) is 0.575. The number of carbonyl (C=O) groups excluding carboxylic acids is 2. The second kappa shape index (κ2) is 6.63. The molecule has 0 heterocycles. The van der Waals surface area contributed by atoms with Crippen LogP contribution in [0.25, 0.3) is 0 Å². The Hall–Kier alpha value is -1.81.